The van der Waals surface area contributed by atoms with E-state index in [0.717, 1.165) is 42.7 Å². The van der Waals surface area contributed by atoms with Crippen LogP contribution in [0.15, 0.2) is 11.2 Å². The molecule has 0 spiro atoms. The Bertz CT molecular complexity index is 340. The highest BCUT2D eigenvalue weighted by atomic mass is 32.2. The van der Waals surface area contributed by atoms with Crippen LogP contribution < -0.4 is 5.32 Å². The Labute approximate surface area is 114 Å². The van der Waals surface area contributed by atoms with Gasteiger partial charge in [-0.1, -0.05) is 18.7 Å². The van der Waals surface area contributed by atoms with Crippen molar-refractivity contribution in [2.45, 2.75) is 37.6 Å². The van der Waals surface area contributed by atoms with E-state index < -0.39 is 0 Å². The molecular formula is C13H23N3OS. The molecule has 0 saturated heterocycles. The minimum atomic E-state index is 0.466. The van der Waals surface area contributed by atoms with Gasteiger partial charge in [-0.3, -0.25) is 0 Å². The summed E-state index contributed by atoms with van der Waals surface area (Å²) in [4.78, 5) is 8.87. The summed E-state index contributed by atoms with van der Waals surface area (Å²) in [7, 11) is 1.73. The average molecular weight is 269 g/mol. The van der Waals surface area contributed by atoms with E-state index in [1.807, 2.05) is 19.9 Å². The highest BCUT2D eigenvalue weighted by molar-refractivity contribution is 7.99. The van der Waals surface area contributed by atoms with Gasteiger partial charge in [0.2, 0.25) is 0 Å². The number of nitrogens with zero attached hydrogens (tertiary/aromatic N) is 2. The van der Waals surface area contributed by atoms with Crippen molar-refractivity contribution in [1.82, 2.24) is 15.3 Å². The maximum Gasteiger partial charge on any atom is 0.188 e. The molecule has 0 aromatic carbocycles. The molecule has 0 radical (unpaired) electrons. The molecule has 0 aliphatic heterocycles. The van der Waals surface area contributed by atoms with Crippen molar-refractivity contribution in [3.63, 3.8) is 0 Å². The zero-order chi connectivity index (χ0) is 13.4. The first-order valence-electron chi connectivity index (χ1n) is 6.30. The zero-order valence-electron chi connectivity index (χ0n) is 11.7. The van der Waals surface area contributed by atoms with Gasteiger partial charge in [-0.05, 0) is 32.9 Å². The van der Waals surface area contributed by atoms with E-state index in [1.165, 1.54) is 0 Å². The van der Waals surface area contributed by atoms with Crippen molar-refractivity contribution in [2.75, 3.05) is 26.8 Å². The Kier molecular flexibility index (Phi) is 7.23. The number of hydrogen-bond donors (Lipinski definition) is 1. The highest BCUT2D eigenvalue weighted by Crippen LogP contribution is 2.19. The lowest BCUT2D eigenvalue weighted by Crippen LogP contribution is -2.24. The standard InChI is InChI=1S/C13H23N3OS/c1-10-8-11(2)16-13(15-10)18-12(3)9-14-6-5-7-17-4/h8,12,14H,5-7,9H2,1-4H3. The van der Waals surface area contributed by atoms with E-state index in [0.29, 0.717) is 5.25 Å². The number of hydrogen-bond acceptors (Lipinski definition) is 5. The molecule has 4 nitrogen and oxygen atoms in total. The van der Waals surface area contributed by atoms with Gasteiger partial charge in [-0.15, -0.1) is 0 Å². The molecular weight excluding hydrogens is 246 g/mol. The second kappa shape index (κ2) is 8.45. The zero-order valence-corrected chi connectivity index (χ0v) is 12.5. The first kappa shape index (κ1) is 15.4. The Morgan fingerprint density at radius 1 is 1.33 bits per heavy atom. The lowest BCUT2D eigenvalue weighted by atomic mass is 10.4. The third kappa shape index (κ3) is 6.33. The van der Waals surface area contributed by atoms with Crippen LogP contribution in [-0.2, 0) is 4.74 Å². The molecule has 1 heterocycles. The first-order chi connectivity index (χ1) is 8.61. The van der Waals surface area contributed by atoms with Gasteiger partial charge in [-0.2, -0.15) is 0 Å². The quantitative estimate of drug-likeness (QED) is 0.445. The van der Waals surface area contributed by atoms with Crippen LogP contribution in [0.25, 0.3) is 0 Å². The van der Waals surface area contributed by atoms with E-state index in [2.05, 4.69) is 22.2 Å². The maximum atomic E-state index is 5.01. The largest absolute Gasteiger partial charge is 0.385 e. The van der Waals surface area contributed by atoms with Gasteiger partial charge < -0.3 is 10.1 Å². The van der Waals surface area contributed by atoms with Gasteiger partial charge in [0.15, 0.2) is 5.16 Å². The molecule has 1 N–H and O–H groups in total. The Morgan fingerprint density at radius 2 is 2.00 bits per heavy atom. The van der Waals surface area contributed by atoms with E-state index in [4.69, 9.17) is 4.74 Å². The highest BCUT2D eigenvalue weighted by Gasteiger charge is 2.07. The van der Waals surface area contributed by atoms with Crippen LogP contribution in [0.2, 0.25) is 0 Å². The SMILES string of the molecule is COCCCNCC(C)Sc1nc(C)cc(C)n1. The van der Waals surface area contributed by atoms with Crippen molar-refractivity contribution >= 4 is 11.8 Å². The predicted octanol–water partition coefficient (Wildman–Crippen LogP) is 2.20. The fourth-order valence-corrected chi connectivity index (χ4v) is 2.57. The van der Waals surface area contributed by atoms with Crippen molar-refractivity contribution in [3.05, 3.63) is 17.5 Å². The van der Waals surface area contributed by atoms with Crippen LogP contribution in [0.4, 0.5) is 0 Å². The van der Waals surface area contributed by atoms with Gasteiger partial charge >= 0.3 is 0 Å². The van der Waals surface area contributed by atoms with Crippen molar-refractivity contribution < 1.29 is 4.74 Å². The van der Waals surface area contributed by atoms with Gasteiger partial charge in [0.25, 0.3) is 0 Å². The molecule has 1 rings (SSSR count). The van der Waals surface area contributed by atoms with E-state index in [1.54, 1.807) is 18.9 Å². The van der Waals surface area contributed by atoms with Gasteiger partial charge in [0.05, 0.1) is 0 Å². The third-order valence-electron chi connectivity index (χ3n) is 2.40. The van der Waals surface area contributed by atoms with Gasteiger partial charge in [-0.25, -0.2) is 9.97 Å². The summed E-state index contributed by atoms with van der Waals surface area (Å²) >= 11 is 1.72. The first-order valence-corrected chi connectivity index (χ1v) is 7.18. The fraction of sp³-hybridized carbons (Fsp3) is 0.692. The molecule has 5 heteroatoms. The molecule has 0 amide bonds. The van der Waals surface area contributed by atoms with Crippen molar-refractivity contribution in [2.24, 2.45) is 0 Å². The summed E-state index contributed by atoms with van der Waals surface area (Å²) in [5, 5.41) is 4.75. The molecule has 0 fully saturated rings. The second-order valence-corrected chi connectivity index (χ2v) is 5.82. The number of methoxy groups -OCH3 is 1. The van der Waals surface area contributed by atoms with Gasteiger partial charge in [0.1, 0.15) is 0 Å². The Hall–Kier alpha value is -0.650. The third-order valence-corrected chi connectivity index (χ3v) is 3.36. The minimum Gasteiger partial charge on any atom is -0.385 e. The normalized spacial score (nSPS) is 12.7. The summed E-state index contributed by atoms with van der Waals surface area (Å²) < 4.78 is 5.01. The van der Waals surface area contributed by atoms with Gasteiger partial charge in [0, 0.05) is 36.9 Å². The molecule has 0 saturated carbocycles. The Balaban J connectivity index is 2.28. The fourth-order valence-electron chi connectivity index (χ4n) is 1.61. The summed E-state index contributed by atoms with van der Waals surface area (Å²) in [5.41, 5.74) is 2.07. The van der Waals surface area contributed by atoms with Crippen molar-refractivity contribution in [3.8, 4) is 0 Å². The van der Waals surface area contributed by atoms with Crippen molar-refractivity contribution in [1.29, 1.82) is 0 Å². The summed E-state index contributed by atoms with van der Waals surface area (Å²) in [6, 6.07) is 2.00. The number of ether oxygens (including phenoxy) is 1. The number of aromatic nitrogens is 2. The van der Waals surface area contributed by atoms with E-state index in [-0.39, 0.29) is 0 Å². The number of thioether (sulfide) groups is 1. The average Bonchev–Trinajstić information content (AvgIpc) is 2.27. The van der Waals surface area contributed by atoms with E-state index >= 15 is 0 Å². The lowest BCUT2D eigenvalue weighted by molar-refractivity contribution is 0.194. The molecule has 1 aromatic heterocycles. The monoisotopic (exact) mass is 269 g/mol. The minimum absolute atomic E-state index is 0.466. The topological polar surface area (TPSA) is 47.0 Å². The summed E-state index contributed by atoms with van der Waals surface area (Å²) in [6.07, 6.45) is 1.05. The van der Waals surface area contributed by atoms with Crippen LogP contribution in [-0.4, -0.2) is 42.0 Å². The van der Waals surface area contributed by atoms with E-state index in [9.17, 15) is 0 Å². The predicted molar refractivity (Wildman–Crippen MR) is 76.2 cm³/mol. The summed E-state index contributed by atoms with van der Waals surface area (Å²) in [5.74, 6) is 0. The van der Waals surface area contributed by atoms with Crippen LogP contribution >= 0.6 is 11.8 Å². The number of aryl methyl sites for hydroxylation is 2. The van der Waals surface area contributed by atoms with Crippen LogP contribution in [0, 0.1) is 13.8 Å². The molecule has 0 aliphatic rings. The number of rotatable bonds is 8. The molecule has 1 unspecified atom stereocenters. The molecule has 0 bridgehead atoms. The number of nitrogens with one attached hydrogen (secondary N) is 1. The Morgan fingerprint density at radius 3 is 2.61 bits per heavy atom. The maximum absolute atomic E-state index is 5.01. The molecule has 1 atom stereocenters. The smallest absolute Gasteiger partial charge is 0.188 e. The molecule has 0 aliphatic carbocycles. The molecule has 102 valence electrons. The second-order valence-electron chi connectivity index (χ2n) is 4.41. The lowest BCUT2D eigenvalue weighted by Gasteiger charge is -2.11. The summed E-state index contributed by atoms with van der Waals surface area (Å²) in [6.45, 7) is 8.97. The van der Waals surface area contributed by atoms with Crippen LogP contribution in [0.5, 0.6) is 0 Å². The van der Waals surface area contributed by atoms with Crippen LogP contribution in [0.1, 0.15) is 24.7 Å². The van der Waals surface area contributed by atoms with Crippen LogP contribution in [0.3, 0.4) is 0 Å². The molecule has 18 heavy (non-hydrogen) atoms. The molecule has 1 aromatic rings.